The lowest BCUT2D eigenvalue weighted by atomic mass is 9.94. The zero-order valence-electron chi connectivity index (χ0n) is 6.60. The summed E-state index contributed by atoms with van der Waals surface area (Å²) in [7, 11) is 0. The maximum Gasteiger partial charge on any atom is 0.317 e. The summed E-state index contributed by atoms with van der Waals surface area (Å²) in [5.41, 5.74) is 0. The van der Waals surface area contributed by atoms with Crippen LogP contribution < -0.4 is 0 Å². The van der Waals surface area contributed by atoms with Crippen LogP contribution in [0.5, 0.6) is 0 Å². The van der Waals surface area contributed by atoms with Crippen LogP contribution in [0.3, 0.4) is 0 Å². The van der Waals surface area contributed by atoms with Crippen molar-refractivity contribution in [1.29, 1.82) is 0 Å². The number of rotatable bonds is 2. The minimum Gasteiger partial charge on any atom is -0.395 e. The van der Waals surface area contributed by atoms with Crippen molar-refractivity contribution in [2.24, 2.45) is 17.8 Å². The summed E-state index contributed by atoms with van der Waals surface area (Å²) in [5, 5.41) is 0. The third-order valence-electron chi connectivity index (χ3n) is 2.75. The first-order valence-corrected chi connectivity index (χ1v) is 4.13. The first kappa shape index (κ1) is 7.53. The number of esters is 1. The fourth-order valence-corrected chi connectivity index (χ4v) is 2.19. The van der Waals surface area contributed by atoms with Crippen molar-refractivity contribution < 1.29 is 14.3 Å². The zero-order chi connectivity index (χ0) is 8.55. The molecule has 2 aliphatic carbocycles. The summed E-state index contributed by atoms with van der Waals surface area (Å²) in [4.78, 5) is 21.1. The molecule has 0 aromatic rings. The number of hydrogen-bond donors (Lipinski definition) is 0. The molecule has 3 nitrogen and oxygen atoms in total. The highest BCUT2D eigenvalue weighted by atomic mass is 16.6. The van der Waals surface area contributed by atoms with Gasteiger partial charge >= 0.3 is 12.4 Å². The molecule has 0 aliphatic heterocycles. The molecular formula is C9H10O3. The van der Waals surface area contributed by atoms with Gasteiger partial charge in [0.25, 0.3) is 0 Å². The molecule has 0 aromatic heterocycles. The quantitative estimate of drug-likeness (QED) is 0.265. The molecule has 2 bridgehead atoms. The normalized spacial score (nSPS) is 36.8. The van der Waals surface area contributed by atoms with E-state index < -0.39 is 0 Å². The summed E-state index contributed by atoms with van der Waals surface area (Å²) in [6, 6.07) is 0. The van der Waals surface area contributed by atoms with E-state index in [0.717, 1.165) is 12.8 Å². The highest BCUT2D eigenvalue weighted by Crippen LogP contribution is 2.43. The molecule has 64 valence electrons. The Labute approximate surface area is 70.4 Å². The van der Waals surface area contributed by atoms with E-state index in [1.54, 1.807) is 0 Å². The van der Waals surface area contributed by atoms with Crippen LogP contribution in [0.4, 0.5) is 0 Å². The zero-order valence-corrected chi connectivity index (χ0v) is 6.60. The Morgan fingerprint density at radius 1 is 1.42 bits per heavy atom. The number of carbonyl (C=O) groups is 2. The van der Waals surface area contributed by atoms with E-state index in [1.165, 1.54) is 0 Å². The maximum atomic E-state index is 11.1. The highest BCUT2D eigenvalue weighted by molar-refractivity contribution is 5.79. The van der Waals surface area contributed by atoms with Crippen molar-refractivity contribution >= 4 is 12.4 Å². The highest BCUT2D eigenvalue weighted by Gasteiger charge is 2.40. The van der Waals surface area contributed by atoms with Crippen LogP contribution in [0.2, 0.25) is 0 Å². The van der Waals surface area contributed by atoms with Gasteiger partial charge < -0.3 is 4.74 Å². The second-order valence-corrected chi connectivity index (χ2v) is 3.42. The number of allylic oxidation sites excluding steroid dienone is 2. The number of fused-ring (bicyclic) bond motifs is 2. The number of carbonyl (C=O) groups excluding carboxylic acids is 2. The van der Waals surface area contributed by atoms with Crippen LogP contribution in [0.1, 0.15) is 12.8 Å². The van der Waals surface area contributed by atoms with Gasteiger partial charge in [-0.3, -0.25) is 9.59 Å². The SMILES string of the molecule is O=COC(=O)C1CC2C=CC1C2. The number of hydrogen-bond acceptors (Lipinski definition) is 3. The van der Waals surface area contributed by atoms with Crippen LogP contribution in [0.15, 0.2) is 12.2 Å². The van der Waals surface area contributed by atoms with Gasteiger partial charge in [0, 0.05) is 0 Å². The molecule has 0 heterocycles. The van der Waals surface area contributed by atoms with E-state index in [0.29, 0.717) is 11.8 Å². The fraction of sp³-hybridized carbons (Fsp3) is 0.556. The second kappa shape index (κ2) is 2.73. The predicted molar refractivity (Wildman–Crippen MR) is 41.0 cm³/mol. The molecule has 3 heteroatoms. The third-order valence-corrected chi connectivity index (χ3v) is 2.75. The van der Waals surface area contributed by atoms with E-state index in [-0.39, 0.29) is 18.4 Å². The monoisotopic (exact) mass is 166 g/mol. The van der Waals surface area contributed by atoms with Crippen molar-refractivity contribution in [3.05, 3.63) is 12.2 Å². The van der Waals surface area contributed by atoms with Crippen LogP contribution in [-0.4, -0.2) is 12.4 Å². The first-order valence-electron chi connectivity index (χ1n) is 4.13. The molecule has 2 rings (SSSR count). The fourth-order valence-electron chi connectivity index (χ4n) is 2.19. The van der Waals surface area contributed by atoms with E-state index in [4.69, 9.17) is 0 Å². The van der Waals surface area contributed by atoms with Gasteiger partial charge in [-0.15, -0.1) is 0 Å². The van der Waals surface area contributed by atoms with Crippen molar-refractivity contribution in [3.8, 4) is 0 Å². The van der Waals surface area contributed by atoms with Gasteiger partial charge in [0.15, 0.2) is 0 Å². The van der Waals surface area contributed by atoms with E-state index >= 15 is 0 Å². The molecule has 3 unspecified atom stereocenters. The standard InChI is InChI=1S/C9H10O3/c10-5-12-9(11)8-4-6-1-2-7(8)3-6/h1-2,5-8H,3-4H2. The Bertz CT molecular complexity index is 244. The summed E-state index contributed by atoms with van der Waals surface area (Å²) in [5.74, 6) is 0.439. The molecule has 12 heavy (non-hydrogen) atoms. The largest absolute Gasteiger partial charge is 0.395 e. The number of ether oxygens (including phenoxy) is 1. The Hall–Kier alpha value is -1.12. The van der Waals surface area contributed by atoms with Gasteiger partial charge in [0.2, 0.25) is 0 Å². The van der Waals surface area contributed by atoms with Crippen molar-refractivity contribution in [3.63, 3.8) is 0 Å². The minimum atomic E-state index is -0.359. The van der Waals surface area contributed by atoms with Gasteiger partial charge in [0.05, 0.1) is 5.92 Å². The van der Waals surface area contributed by atoms with Crippen LogP contribution in [0.25, 0.3) is 0 Å². The maximum absolute atomic E-state index is 11.1. The average Bonchev–Trinajstić information content (AvgIpc) is 2.64. The summed E-state index contributed by atoms with van der Waals surface area (Å²) < 4.78 is 4.33. The lowest BCUT2D eigenvalue weighted by Gasteiger charge is -2.13. The molecule has 3 atom stereocenters. The molecule has 0 aromatic carbocycles. The van der Waals surface area contributed by atoms with Gasteiger partial charge in [-0.25, -0.2) is 0 Å². The Morgan fingerprint density at radius 3 is 2.75 bits per heavy atom. The molecule has 1 fully saturated rings. The lowest BCUT2D eigenvalue weighted by molar-refractivity contribution is -0.155. The predicted octanol–water partition coefficient (Wildman–Crippen LogP) is 0.898. The third kappa shape index (κ3) is 1.05. The van der Waals surface area contributed by atoms with E-state index in [9.17, 15) is 9.59 Å². The van der Waals surface area contributed by atoms with Gasteiger partial charge in [-0.2, -0.15) is 0 Å². The molecule has 0 spiro atoms. The molecule has 0 saturated heterocycles. The van der Waals surface area contributed by atoms with Gasteiger partial charge in [-0.05, 0) is 24.7 Å². The summed E-state index contributed by atoms with van der Waals surface area (Å²) in [6.45, 7) is 0.220. The Kier molecular flexibility index (Phi) is 1.71. The van der Waals surface area contributed by atoms with Crippen molar-refractivity contribution in [2.45, 2.75) is 12.8 Å². The van der Waals surface area contributed by atoms with Crippen LogP contribution in [-0.2, 0) is 14.3 Å². The van der Waals surface area contributed by atoms with Gasteiger partial charge in [0.1, 0.15) is 0 Å². The van der Waals surface area contributed by atoms with Crippen molar-refractivity contribution in [2.75, 3.05) is 0 Å². The van der Waals surface area contributed by atoms with E-state index in [2.05, 4.69) is 16.9 Å². The molecule has 0 N–H and O–H groups in total. The summed E-state index contributed by atoms with van der Waals surface area (Å²) >= 11 is 0. The second-order valence-electron chi connectivity index (χ2n) is 3.42. The molecule has 0 radical (unpaired) electrons. The molecule has 2 aliphatic rings. The Balaban J connectivity index is 2.02. The smallest absolute Gasteiger partial charge is 0.317 e. The topological polar surface area (TPSA) is 43.4 Å². The van der Waals surface area contributed by atoms with Crippen LogP contribution in [0, 0.1) is 17.8 Å². The minimum absolute atomic E-state index is 0.0646. The summed E-state index contributed by atoms with van der Waals surface area (Å²) in [6.07, 6.45) is 6.12. The van der Waals surface area contributed by atoms with Gasteiger partial charge in [-0.1, -0.05) is 12.2 Å². The lowest BCUT2D eigenvalue weighted by Crippen LogP contribution is -2.20. The molecule has 1 saturated carbocycles. The average molecular weight is 166 g/mol. The molecule has 0 amide bonds. The van der Waals surface area contributed by atoms with Crippen LogP contribution >= 0.6 is 0 Å². The first-order chi connectivity index (χ1) is 5.81. The van der Waals surface area contributed by atoms with E-state index in [1.807, 2.05) is 0 Å². The van der Waals surface area contributed by atoms with Crippen molar-refractivity contribution in [1.82, 2.24) is 0 Å². The Morgan fingerprint density at radius 2 is 2.25 bits per heavy atom. The molecular weight excluding hydrogens is 156 g/mol.